The second-order valence-corrected chi connectivity index (χ2v) is 5.15. The zero-order chi connectivity index (χ0) is 10.7. The highest BCUT2D eigenvalue weighted by Gasteiger charge is 2.10. The molecule has 2 atom stereocenters. The zero-order valence-corrected chi connectivity index (χ0v) is 10.5. The fourth-order valence-corrected chi connectivity index (χ4v) is 2.02. The minimum absolute atomic E-state index is 0.180. The van der Waals surface area contributed by atoms with Crippen molar-refractivity contribution < 1.29 is 0 Å². The molecule has 1 aromatic carbocycles. The summed E-state index contributed by atoms with van der Waals surface area (Å²) in [6.07, 6.45) is 0.944. The summed E-state index contributed by atoms with van der Waals surface area (Å²) in [4.78, 5) is 0. The molecule has 0 aromatic heterocycles. The van der Waals surface area contributed by atoms with Gasteiger partial charge in [-0.25, -0.2) is 0 Å². The molecule has 0 amide bonds. The van der Waals surface area contributed by atoms with Crippen LogP contribution in [-0.2, 0) is 0 Å². The largest absolute Gasteiger partial charge is 0.123 e. The molecule has 78 valence electrons. The van der Waals surface area contributed by atoms with E-state index in [9.17, 15) is 0 Å². The highest BCUT2D eigenvalue weighted by atomic mass is 35.5. The normalized spacial score (nSPS) is 15.2. The molecular formula is C11H13Cl3. The molecule has 0 nitrogen and oxygen atoms in total. The van der Waals surface area contributed by atoms with Crippen LogP contribution in [0.5, 0.6) is 0 Å². The molecule has 0 saturated carbocycles. The van der Waals surface area contributed by atoms with E-state index in [1.807, 2.05) is 25.1 Å². The first-order valence-electron chi connectivity index (χ1n) is 4.59. The van der Waals surface area contributed by atoms with Crippen LogP contribution in [0.1, 0.15) is 31.7 Å². The van der Waals surface area contributed by atoms with Crippen LogP contribution >= 0.6 is 34.8 Å². The average Bonchev–Trinajstić information content (AvgIpc) is 2.08. The molecule has 0 saturated heterocycles. The summed E-state index contributed by atoms with van der Waals surface area (Å²) in [6, 6.07) is 5.74. The lowest BCUT2D eigenvalue weighted by Crippen LogP contribution is -2.00. The van der Waals surface area contributed by atoms with Crippen molar-refractivity contribution in [2.75, 3.05) is 0 Å². The minimum atomic E-state index is 0.180. The van der Waals surface area contributed by atoms with Crippen molar-refractivity contribution in [1.82, 2.24) is 0 Å². The Labute approximate surface area is 100 Å². The SMILES string of the molecule is CC(Cl)CC(C)c1ccc(Cl)c(Cl)c1. The number of rotatable bonds is 3. The number of hydrogen-bond donors (Lipinski definition) is 0. The van der Waals surface area contributed by atoms with Gasteiger partial charge in [0.05, 0.1) is 10.0 Å². The number of alkyl halides is 1. The van der Waals surface area contributed by atoms with Gasteiger partial charge in [-0.3, -0.25) is 0 Å². The van der Waals surface area contributed by atoms with Gasteiger partial charge in [0.25, 0.3) is 0 Å². The van der Waals surface area contributed by atoms with Gasteiger partial charge in [-0.2, -0.15) is 0 Å². The molecular weight excluding hydrogens is 238 g/mol. The lowest BCUT2D eigenvalue weighted by atomic mass is 9.96. The number of hydrogen-bond acceptors (Lipinski definition) is 0. The second kappa shape index (κ2) is 5.25. The van der Waals surface area contributed by atoms with Crippen molar-refractivity contribution in [2.45, 2.75) is 31.6 Å². The van der Waals surface area contributed by atoms with Gasteiger partial charge in [0.1, 0.15) is 0 Å². The molecule has 0 spiro atoms. The third kappa shape index (κ3) is 3.34. The van der Waals surface area contributed by atoms with Crippen molar-refractivity contribution in [3.63, 3.8) is 0 Å². The first kappa shape index (κ1) is 12.2. The van der Waals surface area contributed by atoms with E-state index in [1.54, 1.807) is 0 Å². The van der Waals surface area contributed by atoms with Crippen LogP contribution in [0, 0.1) is 0 Å². The molecule has 2 unspecified atom stereocenters. The highest BCUT2D eigenvalue weighted by molar-refractivity contribution is 6.42. The van der Waals surface area contributed by atoms with E-state index in [0.717, 1.165) is 6.42 Å². The Morgan fingerprint density at radius 2 is 1.79 bits per heavy atom. The molecule has 1 aromatic rings. The standard InChI is InChI=1S/C11H13Cl3/c1-7(5-8(2)12)9-3-4-10(13)11(14)6-9/h3-4,6-8H,5H2,1-2H3. The zero-order valence-electron chi connectivity index (χ0n) is 8.23. The summed E-state index contributed by atoms with van der Waals surface area (Å²) in [6.45, 7) is 4.13. The quantitative estimate of drug-likeness (QED) is 0.655. The molecule has 3 heteroatoms. The van der Waals surface area contributed by atoms with Gasteiger partial charge in [0.15, 0.2) is 0 Å². The van der Waals surface area contributed by atoms with Gasteiger partial charge >= 0.3 is 0 Å². The van der Waals surface area contributed by atoms with Crippen LogP contribution in [-0.4, -0.2) is 5.38 Å². The van der Waals surface area contributed by atoms with Crippen molar-refractivity contribution in [2.24, 2.45) is 0 Å². The summed E-state index contributed by atoms with van der Waals surface area (Å²) in [5.74, 6) is 0.414. The first-order chi connectivity index (χ1) is 6.50. The molecule has 0 heterocycles. The van der Waals surface area contributed by atoms with Gasteiger partial charge in [-0.15, -0.1) is 11.6 Å². The van der Waals surface area contributed by atoms with Crippen LogP contribution in [0.25, 0.3) is 0 Å². The van der Waals surface area contributed by atoms with E-state index in [1.165, 1.54) is 5.56 Å². The Bertz CT molecular complexity index is 307. The first-order valence-corrected chi connectivity index (χ1v) is 5.79. The number of halogens is 3. The molecule has 0 fully saturated rings. The van der Waals surface area contributed by atoms with Gasteiger partial charge in [0.2, 0.25) is 0 Å². The fraction of sp³-hybridized carbons (Fsp3) is 0.455. The lowest BCUT2D eigenvalue weighted by Gasteiger charge is -2.13. The van der Waals surface area contributed by atoms with Crippen LogP contribution < -0.4 is 0 Å². The Hall–Kier alpha value is 0.0900. The molecule has 14 heavy (non-hydrogen) atoms. The van der Waals surface area contributed by atoms with Gasteiger partial charge in [-0.1, -0.05) is 36.2 Å². The minimum Gasteiger partial charge on any atom is -0.123 e. The average molecular weight is 252 g/mol. The smallest absolute Gasteiger partial charge is 0.0595 e. The van der Waals surface area contributed by atoms with Crippen LogP contribution in [0.3, 0.4) is 0 Å². The topological polar surface area (TPSA) is 0 Å². The maximum atomic E-state index is 5.93. The Morgan fingerprint density at radius 1 is 1.14 bits per heavy atom. The summed E-state index contributed by atoms with van der Waals surface area (Å²) >= 11 is 17.7. The van der Waals surface area contributed by atoms with E-state index in [4.69, 9.17) is 34.8 Å². The van der Waals surface area contributed by atoms with E-state index in [-0.39, 0.29) is 5.38 Å². The summed E-state index contributed by atoms with van der Waals surface area (Å²) in [5, 5.41) is 1.39. The van der Waals surface area contributed by atoms with E-state index < -0.39 is 0 Å². The van der Waals surface area contributed by atoms with Crippen LogP contribution in [0.15, 0.2) is 18.2 Å². The molecule has 0 aliphatic heterocycles. The van der Waals surface area contributed by atoms with E-state index in [2.05, 4.69) is 6.92 Å². The summed E-state index contributed by atoms with van der Waals surface area (Å²) in [5.41, 5.74) is 1.19. The van der Waals surface area contributed by atoms with Crippen molar-refractivity contribution in [3.05, 3.63) is 33.8 Å². The Balaban J connectivity index is 2.80. The molecule has 0 aliphatic carbocycles. The molecule has 1 rings (SSSR count). The van der Waals surface area contributed by atoms with Crippen molar-refractivity contribution in [1.29, 1.82) is 0 Å². The van der Waals surface area contributed by atoms with Crippen LogP contribution in [0.2, 0.25) is 10.0 Å². The predicted octanol–water partition coefficient (Wildman–Crippen LogP) is 5.11. The maximum Gasteiger partial charge on any atom is 0.0595 e. The Morgan fingerprint density at radius 3 is 2.29 bits per heavy atom. The van der Waals surface area contributed by atoms with Crippen LogP contribution in [0.4, 0.5) is 0 Å². The number of benzene rings is 1. The van der Waals surface area contributed by atoms with Gasteiger partial charge in [-0.05, 0) is 37.0 Å². The second-order valence-electron chi connectivity index (χ2n) is 3.59. The fourth-order valence-electron chi connectivity index (χ4n) is 1.44. The third-order valence-corrected chi connectivity index (χ3v) is 3.11. The Kier molecular flexibility index (Phi) is 4.56. The predicted molar refractivity (Wildman–Crippen MR) is 64.8 cm³/mol. The van der Waals surface area contributed by atoms with E-state index in [0.29, 0.717) is 16.0 Å². The summed E-state index contributed by atoms with van der Waals surface area (Å²) < 4.78 is 0. The molecule has 0 aliphatic rings. The van der Waals surface area contributed by atoms with Gasteiger partial charge in [0, 0.05) is 5.38 Å². The third-order valence-electron chi connectivity index (χ3n) is 2.19. The molecule has 0 radical (unpaired) electrons. The monoisotopic (exact) mass is 250 g/mol. The highest BCUT2D eigenvalue weighted by Crippen LogP contribution is 2.29. The molecule has 0 N–H and O–H groups in total. The maximum absolute atomic E-state index is 5.93. The van der Waals surface area contributed by atoms with Crippen molar-refractivity contribution >= 4 is 34.8 Å². The molecule has 0 bridgehead atoms. The van der Waals surface area contributed by atoms with E-state index >= 15 is 0 Å². The summed E-state index contributed by atoms with van der Waals surface area (Å²) in [7, 11) is 0. The lowest BCUT2D eigenvalue weighted by molar-refractivity contribution is 0.671. The van der Waals surface area contributed by atoms with Crippen molar-refractivity contribution in [3.8, 4) is 0 Å². The van der Waals surface area contributed by atoms with Gasteiger partial charge < -0.3 is 0 Å².